The van der Waals surface area contributed by atoms with Crippen LogP contribution >= 0.6 is 0 Å². The Morgan fingerprint density at radius 3 is 2.69 bits per heavy atom. The molecule has 2 aromatic carbocycles. The molecule has 0 unspecified atom stereocenters. The number of rotatable bonds is 4. The van der Waals surface area contributed by atoms with Crippen LogP contribution in [0.2, 0.25) is 0 Å². The average Bonchev–Trinajstić information content (AvgIpc) is 3.27. The minimum Gasteiger partial charge on any atom is -0.345 e. The quantitative estimate of drug-likeness (QED) is 0.483. The van der Waals surface area contributed by atoms with E-state index < -0.39 is 0 Å². The standard InChI is InChI=1S/C25H27N/c1-5-19-8-6-7-18(4)25(19)23-10-9-20(16-23)21-11-12-24-22(15-21)13-14-26(24)17(2)3/h6-8,10-17H,5,9H2,1-4H3. The molecule has 0 atom stereocenters. The summed E-state index contributed by atoms with van der Waals surface area (Å²) < 4.78 is 2.34. The van der Waals surface area contributed by atoms with Gasteiger partial charge in [0, 0.05) is 23.1 Å². The second-order valence-corrected chi connectivity index (χ2v) is 7.59. The Labute approximate surface area is 156 Å². The van der Waals surface area contributed by atoms with Crippen molar-refractivity contribution < 1.29 is 0 Å². The van der Waals surface area contributed by atoms with E-state index in [0.717, 1.165) is 12.8 Å². The van der Waals surface area contributed by atoms with Gasteiger partial charge in [-0.3, -0.25) is 0 Å². The van der Waals surface area contributed by atoms with Crippen molar-refractivity contribution in [2.45, 2.75) is 46.6 Å². The van der Waals surface area contributed by atoms with E-state index in [1.807, 2.05) is 0 Å². The summed E-state index contributed by atoms with van der Waals surface area (Å²) in [5.74, 6) is 0. The fourth-order valence-corrected chi connectivity index (χ4v) is 4.15. The summed E-state index contributed by atoms with van der Waals surface area (Å²) in [6.07, 6.45) is 9.07. The summed E-state index contributed by atoms with van der Waals surface area (Å²) in [7, 11) is 0. The molecular formula is C25H27N. The van der Waals surface area contributed by atoms with Gasteiger partial charge in [0.05, 0.1) is 0 Å². The number of benzene rings is 2. The molecule has 0 aliphatic heterocycles. The minimum absolute atomic E-state index is 0.492. The Bertz CT molecular complexity index is 1030. The summed E-state index contributed by atoms with van der Waals surface area (Å²) in [4.78, 5) is 0. The molecule has 0 saturated heterocycles. The van der Waals surface area contributed by atoms with Crippen molar-refractivity contribution in [2.24, 2.45) is 0 Å². The maximum absolute atomic E-state index is 2.39. The van der Waals surface area contributed by atoms with E-state index in [0.29, 0.717) is 6.04 Å². The first kappa shape index (κ1) is 16.9. The lowest BCUT2D eigenvalue weighted by atomic mass is 9.94. The molecule has 3 aromatic rings. The predicted octanol–water partition coefficient (Wildman–Crippen LogP) is 6.96. The molecule has 1 aliphatic rings. The van der Waals surface area contributed by atoms with Crippen LogP contribution < -0.4 is 0 Å². The van der Waals surface area contributed by atoms with Crippen LogP contribution in [0.1, 0.15) is 55.5 Å². The Kier molecular flexibility index (Phi) is 4.32. The monoisotopic (exact) mass is 341 g/mol. The van der Waals surface area contributed by atoms with Gasteiger partial charge in [-0.2, -0.15) is 0 Å². The highest BCUT2D eigenvalue weighted by Crippen LogP contribution is 2.36. The first-order valence-electron chi connectivity index (χ1n) is 9.69. The third-order valence-corrected chi connectivity index (χ3v) is 5.55. The summed E-state index contributed by atoms with van der Waals surface area (Å²) in [6.45, 7) is 8.93. The van der Waals surface area contributed by atoms with E-state index in [1.165, 1.54) is 44.3 Å². The third-order valence-electron chi connectivity index (χ3n) is 5.55. The van der Waals surface area contributed by atoms with Crippen molar-refractivity contribution in [3.05, 3.63) is 83.1 Å². The summed E-state index contributed by atoms with van der Waals surface area (Å²) >= 11 is 0. The molecule has 1 nitrogen and oxygen atoms in total. The van der Waals surface area contributed by atoms with E-state index in [2.05, 4.69) is 93.1 Å². The van der Waals surface area contributed by atoms with Gasteiger partial charge in [0.1, 0.15) is 0 Å². The van der Waals surface area contributed by atoms with E-state index in [4.69, 9.17) is 0 Å². The molecule has 0 bridgehead atoms. The van der Waals surface area contributed by atoms with Crippen LogP contribution in [-0.4, -0.2) is 4.57 Å². The summed E-state index contributed by atoms with van der Waals surface area (Å²) in [5.41, 5.74) is 9.71. The molecule has 1 aromatic heterocycles. The topological polar surface area (TPSA) is 4.93 Å². The van der Waals surface area contributed by atoms with Crippen molar-refractivity contribution in [3.63, 3.8) is 0 Å². The van der Waals surface area contributed by atoms with Gasteiger partial charge in [-0.25, -0.2) is 0 Å². The molecule has 0 spiro atoms. The van der Waals surface area contributed by atoms with Gasteiger partial charge in [-0.05, 0) is 85.2 Å². The Morgan fingerprint density at radius 1 is 1.08 bits per heavy atom. The van der Waals surface area contributed by atoms with Gasteiger partial charge in [0.2, 0.25) is 0 Å². The van der Waals surface area contributed by atoms with Crippen LogP contribution in [-0.2, 0) is 6.42 Å². The van der Waals surface area contributed by atoms with Crippen LogP contribution in [0, 0.1) is 6.92 Å². The number of fused-ring (bicyclic) bond motifs is 1. The summed E-state index contributed by atoms with van der Waals surface area (Å²) in [5, 5.41) is 1.33. The van der Waals surface area contributed by atoms with Gasteiger partial charge < -0.3 is 4.57 Å². The lowest BCUT2D eigenvalue weighted by Gasteiger charge is -2.11. The van der Waals surface area contributed by atoms with Gasteiger partial charge >= 0.3 is 0 Å². The number of allylic oxidation sites excluding steroid dienone is 4. The van der Waals surface area contributed by atoms with Crippen LogP contribution in [0.3, 0.4) is 0 Å². The van der Waals surface area contributed by atoms with E-state index >= 15 is 0 Å². The number of hydrogen-bond donors (Lipinski definition) is 0. The maximum Gasteiger partial charge on any atom is 0.0483 e. The van der Waals surface area contributed by atoms with Crippen LogP contribution in [0.25, 0.3) is 22.0 Å². The molecule has 132 valence electrons. The molecule has 26 heavy (non-hydrogen) atoms. The Balaban J connectivity index is 1.71. The first-order valence-corrected chi connectivity index (χ1v) is 9.69. The van der Waals surface area contributed by atoms with Crippen LogP contribution in [0.4, 0.5) is 0 Å². The lowest BCUT2D eigenvalue weighted by molar-refractivity contribution is 0.623. The van der Waals surface area contributed by atoms with Crippen molar-refractivity contribution >= 4 is 22.0 Å². The highest BCUT2D eigenvalue weighted by Gasteiger charge is 2.15. The molecule has 0 radical (unpaired) electrons. The smallest absolute Gasteiger partial charge is 0.0483 e. The normalized spacial score (nSPS) is 14.2. The summed E-state index contributed by atoms with van der Waals surface area (Å²) in [6, 6.07) is 16.3. The zero-order chi connectivity index (χ0) is 18.3. The predicted molar refractivity (Wildman–Crippen MR) is 113 cm³/mol. The SMILES string of the molecule is CCc1cccc(C)c1C1=CCC(c2ccc3c(ccn3C(C)C)c2)=C1. The van der Waals surface area contributed by atoms with Crippen molar-refractivity contribution in [1.29, 1.82) is 0 Å². The number of hydrogen-bond acceptors (Lipinski definition) is 0. The van der Waals surface area contributed by atoms with Crippen molar-refractivity contribution in [2.75, 3.05) is 0 Å². The highest BCUT2D eigenvalue weighted by atomic mass is 15.0. The van der Waals surface area contributed by atoms with Gasteiger partial charge in [-0.1, -0.05) is 43.3 Å². The maximum atomic E-state index is 2.39. The second-order valence-electron chi connectivity index (χ2n) is 7.59. The van der Waals surface area contributed by atoms with Crippen LogP contribution in [0.5, 0.6) is 0 Å². The number of aryl methyl sites for hydroxylation is 2. The van der Waals surface area contributed by atoms with Gasteiger partial charge in [0.15, 0.2) is 0 Å². The van der Waals surface area contributed by atoms with E-state index in [1.54, 1.807) is 0 Å². The minimum atomic E-state index is 0.492. The van der Waals surface area contributed by atoms with Gasteiger partial charge in [-0.15, -0.1) is 0 Å². The number of aromatic nitrogens is 1. The zero-order valence-corrected chi connectivity index (χ0v) is 16.2. The fourth-order valence-electron chi connectivity index (χ4n) is 4.15. The fraction of sp³-hybridized carbons (Fsp3) is 0.280. The molecule has 0 fully saturated rings. The molecule has 1 aliphatic carbocycles. The largest absolute Gasteiger partial charge is 0.345 e. The third kappa shape index (κ3) is 2.82. The Hall–Kier alpha value is -2.54. The lowest BCUT2D eigenvalue weighted by Crippen LogP contribution is -1.97. The molecular weight excluding hydrogens is 314 g/mol. The molecule has 0 N–H and O–H groups in total. The zero-order valence-electron chi connectivity index (χ0n) is 16.2. The van der Waals surface area contributed by atoms with Gasteiger partial charge in [0.25, 0.3) is 0 Å². The van der Waals surface area contributed by atoms with E-state index in [9.17, 15) is 0 Å². The average molecular weight is 341 g/mol. The first-order chi connectivity index (χ1) is 12.6. The highest BCUT2D eigenvalue weighted by molar-refractivity contribution is 5.93. The molecule has 1 heterocycles. The molecule has 4 rings (SSSR count). The second kappa shape index (κ2) is 6.64. The van der Waals surface area contributed by atoms with Crippen molar-refractivity contribution in [3.8, 4) is 0 Å². The van der Waals surface area contributed by atoms with Crippen molar-refractivity contribution in [1.82, 2.24) is 4.57 Å². The molecule has 0 saturated carbocycles. The van der Waals surface area contributed by atoms with E-state index in [-0.39, 0.29) is 0 Å². The molecule has 1 heteroatoms. The number of nitrogens with zero attached hydrogens (tertiary/aromatic N) is 1. The Morgan fingerprint density at radius 2 is 1.92 bits per heavy atom. The van der Waals surface area contributed by atoms with Crippen LogP contribution in [0.15, 0.2) is 60.8 Å². The molecule has 0 amide bonds.